The Morgan fingerprint density at radius 3 is 2.54 bits per heavy atom. The standard InChI is InChI=1S/C23H19F7N6O2S/c24-15-8-12(38-7-1-6-22(25,26)27)4-5-14(15)21(23(28,29)30)9-13(20-31-10-16(39-20)11-2-3-11)17(19(37)32-21)18-33-35-36-34-18/h4-5,8,10-11H,1-3,6-7,9H2,(H,32,37)(H,33,34,35,36). The van der Waals surface area contributed by atoms with Gasteiger partial charge in [0.15, 0.2) is 5.54 Å². The van der Waals surface area contributed by atoms with Crippen molar-refractivity contribution < 1.29 is 40.3 Å². The van der Waals surface area contributed by atoms with Crippen LogP contribution in [0.5, 0.6) is 5.75 Å². The fourth-order valence-electron chi connectivity index (χ4n) is 4.34. The molecule has 0 saturated heterocycles. The van der Waals surface area contributed by atoms with Gasteiger partial charge >= 0.3 is 12.4 Å². The van der Waals surface area contributed by atoms with Gasteiger partial charge in [0.2, 0.25) is 5.82 Å². The molecule has 1 saturated carbocycles. The summed E-state index contributed by atoms with van der Waals surface area (Å²) in [6, 6.07) is 2.46. The first kappa shape index (κ1) is 27.0. The van der Waals surface area contributed by atoms with E-state index in [1.54, 1.807) is 6.20 Å². The molecule has 3 heterocycles. The molecule has 3 aromatic rings. The number of nitrogens with zero attached hydrogens (tertiary/aromatic N) is 4. The quantitative estimate of drug-likeness (QED) is 0.279. The normalized spacial score (nSPS) is 20.3. The highest BCUT2D eigenvalue weighted by atomic mass is 32.1. The molecule has 0 spiro atoms. The minimum absolute atomic E-state index is 0.124. The maximum absolute atomic E-state index is 15.3. The first-order valence-corrected chi connectivity index (χ1v) is 12.5. The molecule has 1 aliphatic heterocycles. The second-order valence-corrected chi connectivity index (χ2v) is 10.2. The van der Waals surface area contributed by atoms with E-state index in [-0.39, 0.29) is 33.6 Å². The molecule has 8 nitrogen and oxygen atoms in total. The number of tetrazole rings is 1. The molecule has 16 heteroatoms. The topological polar surface area (TPSA) is 106 Å². The average Bonchev–Trinajstić information content (AvgIpc) is 3.33. The summed E-state index contributed by atoms with van der Waals surface area (Å²) in [5.41, 5.74) is -4.49. The second kappa shape index (κ2) is 9.88. The number of thiazole rings is 1. The molecule has 39 heavy (non-hydrogen) atoms. The van der Waals surface area contributed by atoms with E-state index in [0.29, 0.717) is 6.07 Å². The Morgan fingerprint density at radius 2 is 1.92 bits per heavy atom. The van der Waals surface area contributed by atoms with Gasteiger partial charge in [-0.15, -0.1) is 21.5 Å². The summed E-state index contributed by atoms with van der Waals surface area (Å²) in [6.07, 6.45) is -8.67. The van der Waals surface area contributed by atoms with E-state index >= 15 is 4.39 Å². The number of H-pyrrole nitrogens is 1. The zero-order valence-electron chi connectivity index (χ0n) is 19.8. The SMILES string of the molecule is O=C1NC(c2ccc(OCCCC(F)(F)F)cc2F)(C(F)(F)F)CC(c2ncc(C3CC3)s2)=C1c1nn[nH]n1. The largest absolute Gasteiger partial charge is 0.493 e. The average molecular weight is 576 g/mol. The molecule has 1 amide bonds. The number of ether oxygens (including phenoxy) is 1. The predicted octanol–water partition coefficient (Wildman–Crippen LogP) is 5.28. The van der Waals surface area contributed by atoms with Crippen molar-refractivity contribution in [1.82, 2.24) is 30.9 Å². The number of amides is 1. The molecule has 5 rings (SSSR count). The summed E-state index contributed by atoms with van der Waals surface area (Å²) >= 11 is 1.14. The highest BCUT2D eigenvalue weighted by Gasteiger charge is 2.61. The van der Waals surface area contributed by atoms with Gasteiger partial charge in [-0.2, -0.15) is 31.6 Å². The summed E-state index contributed by atoms with van der Waals surface area (Å²) in [4.78, 5) is 18.4. The van der Waals surface area contributed by atoms with E-state index in [9.17, 15) is 31.1 Å². The molecule has 1 unspecified atom stereocenters. The number of aromatic amines is 1. The van der Waals surface area contributed by atoms with E-state index in [1.165, 1.54) is 0 Å². The van der Waals surface area contributed by atoms with Crippen molar-refractivity contribution >= 4 is 28.4 Å². The van der Waals surface area contributed by atoms with Crippen LogP contribution in [0.3, 0.4) is 0 Å². The molecule has 1 atom stereocenters. The van der Waals surface area contributed by atoms with E-state index in [1.807, 2.05) is 5.32 Å². The van der Waals surface area contributed by atoms with Gasteiger partial charge in [0.05, 0.1) is 12.2 Å². The van der Waals surface area contributed by atoms with Crippen molar-refractivity contribution in [2.75, 3.05) is 6.61 Å². The van der Waals surface area contributed by atoms with Crippen molar-refractivity contribution in [3.05, 3.63) is 51.5 Å². The van der Waals surface area contributed by atoms with Gasteiger partial charge < -0.3 is 10.1 Å². The van der Waals surface area contributed by atoms with Crippen LogP contribution in [-0.2, 0) is 10.3 Å². The summed E-state index contributed by atoms with van der Waals surface area (Å²) in [5.74, 6) is -2.82. The van der Waals surface area contributed by atoms with Crippen molar-refractivity contribution in [1.29, 1.82) is 0 Å². The van der Waals surface area contributed by atoms with Crippen LogP contribution in [0.25, 0.3) is 11.1 Å². The molecule has 0 radical (unpaired) electrons. The van der Waals surface area contributed by atoms with Crippen LogP contribution in [0, 0.1) is 5.82 Å². The lowest BCUT2D eigenvalue weighted by atomic mass is 9.78. The smallest absolute Gasteiger partial charge is 0.416 e. The van der Waals surface area contributed by atoms with Gasteiger partial charge in [0.25, 0.3) is 5.91 Å². The first-order chi connectivity index (χ1) is 18.4. The molecular weight excluding hydrogens is 557 g/mol. The lowest BCUT2D eigenvalue weighted by molar-refractivity contribution is -0.202. The lowest BCUT2D eigenvalue weighted by Gasteiger charge is -2.40. The number of benzene rings is 1. The molecule has 2 N–H and O–H groups in total. The summed E-state index contributed by atoms with van der Waals surface area (Å²) in [6.45, 7) is -0.423. The number of carbonyl (C=O) groups is 1. The van der Waals surface area contributed by atoms with E-state index < -0.39 is 61.0 Å². The number of rotatable bonds is 8. The van der Waals surface area contributed by atoms with Crippen LogP contribution in [0.4, 0.5) is 30.7 Å². The predicted molar refractivity (Wildman–Crippen MR) is 123 cm³/mol. The van der Waals surface area contributed by atoms with E-state index in [2.05, 4.69) is 25.6 Å². The van der Waals surface area contributed by atoms with Crippen LogP contribution in [0.15, 0.2) is 24.4 Å². The van der Waals surface area contributed by atoms with Crippen molar-refractivity contribution in [2.45, 2.75) is 55.9 Å². The van der Waals surface area contributed by atoms with Gasteiger partial charge in [-0.25, -0.2) is 9.37 Å². The molecule has 2 aromatic heterocycles. The summed E-state index contributed by atoms with van der Waals surface area (Å²) in [5, 5.41) is 15.1. The molecule has 208 valence electrons. The Labute approximate surface area is 219 Å². The number of halogens is 7. The number of alkyl halides is 6. The van der Waals surface area contributed by atoms with Crippen molar-refractivity contribution in [3.63, 3.8) is 0 Å². The number of hydrogen-bond acceptors (Lipinski definition) is 7. The number of carbonyl (C=O) groups excluding carboxylic acids is 1. The van der Waals surface area contributed by atoms with Gasteiger partial charge in [0.1, 0.15) is 16.6 Å². The van der Waals surface area contributed by atoms with Crippen LogP contribution >= 0.6 is 11.3 Å². The number of hydrogen-bond donors (Lipinski definition) is 2. The van der Waals surface area contributed by atoms with Crippen LogP contribution in [-0.4, -0.2) is 50.5 Å². The number of nitrogens with one attached hydrogen (secondary N) is 2. The molecule has 1 aromatic carbocycles. The molecule has 1 aliphatic carbocycles. The zero-order chi connectivity index (χ0) is 28.0. The monoisotopic (exact) mass is 576 g/mol. The minimum atomic E-state index is -5.18. The van der Waals surface area contributed by atoms with Crippen LogP contribution in [0.2, 0.25) is 0 Å². The summed E-state index contributed by atoms with van der Waals surface area (Å²) in [7, 11) is 0. The molecular formula is C23H19F7N6O2S. The van der Waals surface area contributed by atoms with Gasteiger partial charge in [0, 0.05) is 41.1 Å². The second-order valence-electron chi connectivity index (χ2n) is 9.17. The Kier molecular flexibility index (Phi) is 6.84. The van der Waals surface area contributed by atoms with Crippen molar-refractivity contribution in [2.24, 2.45) is 0 Å². The third-order valence-corrected chi connectivity index (χ3v) is 7.61. The zero-order valence-corrected chi connectivity index (χ0v) is 20.6. The third kappa shape index (κ3) is 5.46. The van der Waals surface area contributed by atoms with Crippen LogP contribution < -0.4 is 10.1 Å². The highest BCUT2D eigenvalue weighted by molar-refractivity contribution is 7.13. The number of aromatic nitrogens is 5. The van der Waals surface area contributed by atoms with E-state index in [4.69, 9.17) is 4.74 Å². The van der Waals surface area contributed by atoms with Gasteiger partial charge in [-0.05, 0) is 42.5 Å². The third-order valence-electron chi connectivity index (χ3n) is 6.39. The Balaban J connectivity index is 1.53. The maximum Gasteiger partial charge on any atom is 0.416 e. The molecule has 0 bridgehead atoms. The highest BCUT2D eigenvalue weighted by Crippen LogP contribution is 2.52. The maximum atomic E-state index is 15.3. The molecule has 2 aliphatic rings. The fourth-order valence-corrected chi connectivity index (χ4v) is 5.48. The van der Waals surface area contributed by atoms with E-state index in [0.717, 1.165) is 41.2 Å². The van der Waals surface area contributed by atoms with Crippen molar-refractivity contribution in [3.8, 4) is 5.75 Å². The lowest BCUT2D eigenvalue weighted by Crippen LogP contribution is -2.59. The Hall–Kier alpha value is -3.56. The van der Waals surface area contributed by atoms with Crippen LogP contribution in [0.1, 0.15) is 59.3 Å². The van der Waals surface area contributed by atoms with Gasteiger partial charge in [-0.1, -0.05) is 0 Å². The Bertz CT molecular complexity index is 1400. The fraction of sp³-hybridized carbons (Fsp3) is 0.435. The molecule has 1 fully saturated rings. The minimum Gasteiger partial charge on any atom is -0.493 e. The Morgan fingerprint density at radius 1 is 1.15 bits per heavy atom. The van der Waals surface area contributed by atoms with Gasteiger partial charge in [-0.3, -0.25) is 4.79 Å². The summed E-state index contributed by atoms with van der Waals surface area (Å²) < 4.78 is 102. The first-order valence-electron chi connectivity index (χ1n) is 11.7.